The van der Waals surface area contributed by atoms with Gasteiger partial charge in [0.2, 0.25) is 0 Å². The molecule has 0 amide bonds. The maximum absolute atomic E-state index is 6.06. The number of rotatable bonds is 5. The molecule has 1 N–H and O–H groups in total. The van der Waals surface area contributed by atoms with Crippen molar-refractivity contribution in [1.29, 1.82) is 0 Å². The molecule has 0 bridgehead atoms. The molecule has 0 aromatic heterocycles. The average Bonchev–Trinajstić information content (AvgIpc) is 3.48. The molecule has 0 heterocycles. The fourth-order valence-corrected chi connectivity index (χ4v) is 3.30. The van der Waals surface area contributed by atoms with Crippen molar-refractivity contribution in [3.63, 3.8) is 0 Å². The Balaban J connectivity index is 0.000000256. The molecule has 0 saturated heterocycles. The van der Waals surface area contributed by atoms with Gasteiger partial charge in [-0.3, -0.25) is 0 Å². The molecule has 2 aliphatic rings. The monoisotopic (exact) mass is 403 g/mol. The minimum absolute atomic E-state index is 0.289. The molecule has 0 radical (unpaired) electrons. The van der Waals surface area contributed by atoms with E-state index in [1.165, 1.54) is 62.6 Å². The summed E-state index contributed by atoms with van der Waals surface area (Å²) in [6.45, 7) is 17.5. The van der Waals surface area contributed by atoms with Gasteiger partial charge in [0.1, 0.15) is 0 Å². The van der Waals surface area contributed by atoms with Gasteiger partial charge in [-0.05, 0) is 75.5 Å². The van der Waals surface area contributed by atoms with Crippen molar-refractivity contribution in [3.8, 4) is 0 Å². The van der Waals surface area contributed by atoms with Crippen molar-refractivity contribution < 1.29 is 4.74 Å². The van der Waals surface area contributed by atoms with Crippen molar-refractivity contribution in [2.45, 2.75) is 131 Å². The Morgan fingerprint density at radius 3 is 1.83 bits per heavy atom. The van der Waals surface area contributed by atoms with E-state index in [0.29, 0.717) is 18.2 Å². The van der Waals surface area contributed by atoms with Gasteiger partial charge in [-0.1, -0.05) is 72.4 Å². The number of nitrogens with one attached hydrogen (secondary N) is 1. The van der Waals surface area contributed by atoms with Crippen LogP contribution in [-0.4, -0.2) is 18.2 Å². The first-order chi connectivity index (χ1) is 13.7. The second-order valence-electron chi connectivity index (χ2n) is 10.3. The molecule has 29 heavy (non-hydrogen) atoms. The fraction of sp³-hybridized carbons (Fsp3) is 0.778. The zero-order valence-corrected chi connectivity index (χ0v) is 20.7. The van der Waals surface area contributed by atoms with Crippen molar-refractivity contribution in [1.82, 2.24) is 0 Å². The number of ether oxygens (including phenoxy) is 1. The molecule has 3 rings (SSSR count). The molecular formula is C27H49NO. The summed E-state index contributed by atoms with van der Waals surface area (Å²) in [4.78, 5) is 0. The highest BCUT2D eigenvalue weighted by Crippen LogP contribution is 2.40. The summed E-state index contributed by atoms with van der Waals surface area (Å²) in [5, 5.41) is 3.39. The van der Waals surface area contributed by atoms with Crippen LogP contribution in [0.3, 0.4) is 0 Å². The lowest BCUT2D eigenvalue weighted by atomic mass is 9.89. The Kier molecular flexibility index (Phi) is 11.9. The van der Waals surface area contributed by atoms with Gasteiger partial charge in [0.25, 0.3) is 0 Å². The van der Waals surface area contributed by atoms with E-state index in [0.717, 1.165) is 5.92 Å². The summed E-state index contributed by atoms with van der Waals surface area (Å²) in [6.07, 6.45) is 11.6. The average molecular weight is 404 g/mol. The molecule has 1 atom stereocenters. The van der Waals surface area contributed by atoms with E-state index in [-0.39, 0.29) is 5.41 Å². The molecule has 2 aliphatic carbocycles. The number of benzene rings is 1. The highest BCUT2D eigenvalue weighted by Gasteiger charge is 2.25. The standard InChI is InChI=1S/C12H17N.C12H24O.C3H8/c1-9(2)13-12-7-5-11(6-8-12)10-3-4-10;1-10(12(2,3)4)13-11-8-6-5-7-9-11;1-3-2/h5-10,13H,3-4H2,1-2H3;10-11H,5-9H2,1-4H3;3H2,1-2H3. The van der Waals surface area contributed by atoms with E-state index in [9.17, 15) is 0 Å². The molecule has 1 aromatic rings. The third-order valence-corrected chi connectivity index (χ3v) is 5.58. The SMILES string of the molecule is CC(C)Nc1ccc(C2CC2)cc1.CC(OC1CCCCC1)C(C)(C)C.CCC. The van der Waals surface area contributed by atoms with Crippen LogP contribution in [-0.2, 0) is 4.74 Å². The predicted octanol–water partition coefficient (Wildman–Crippen LogP) is 8.57. The van der Waals surface area contributed by atoms with E-state index < -0.39 is 0 Å². The zero-order chi connectivity index (χ0) is 21.9. The maximum atomic E-state index is 6.06. The lowest BCUT2D eigenvalue weighted by Gasteiger charge is -2.33. The molecule has 2 saturated carbocycles. The molecular weight excluding hydrogens is 354 g/mol. The first kappa shape index (κ1) is 26.0. The second-order valence-corrected chi connectivity index (χ2v) is 10.3. The van der Waals surface area contributed by atoms with Crippen LogP contribution in [0.25, 0.3) is 0 Å². The van der Waals surface area contributed by atoms with Gasteiger partial charge in [0, 0.05) is 11.7 Å². The van der Waals surface area contributed by atoms with Gasteiger partial charge in [-0.2, -0.15) is 0 Å². The zero-order valence-electron chi connectivity index (χ0n) is 20.7. The smallest absolute Gasteiger partial charge is 0.0599 e. The van der Waals surface area contributed by atoms with Crippen LogP contribution in [0, 0.1) is 5.41 Å². The van der Waals surface area contributed by atoms with Crippen molar-refractivity contribution >= 4 is 5.69 Å². The third kappa shape index (κ3) is 11.7. The lowest BCUT2D eigenvalue weighted by Crippen LogP contribution is -2.31. The van der Waals surface area contributed by atoms with Crippen LogP contribution < -0.4 is 5.32 Å². The van der Waals surface area contributed by atoms with Crippen LogP contribution in [0.15, 0.2) is 24.3 Å². The summed E-state index contributed by atoms with van der Waals surface area (Å²) in [5.74, 6) is 0.869. The van der Waals surface area contributed by atoms with Gasteiger partial charge in [-0.25, -0.2) is 0 Å². The van der Waals surface area contributed by atoms with Crippen LogP contribution in [0.1, 0.15) is 118 Å². The van der Waals surface area contributed by atoms with Gasteiger partial charge < -0.3 is 10.1 Å². The summed E-state index contributed by atoms with van der Waals surface area (Å²) in [6, 6.07) is 9.40. The minimum Gasteiger partial charge on any atom is -0.383 e. The lowest BCUT2D eigenvalue weighted by molar-refractivity contribution is -0.0683. The van der Waals surface area contributed by atoms with E-state index in [1.54, 1.807) is 0 Å². The van der Waals surface area contributed by atoms with Crippen molar-refractivity contribution in [3.05, 3.63) is 29.8 Å². The molecule has 1 aromatic carbocycles. The summed E-state index contributed by atoms with van der Waals surface area (Å²) >= 11 is 0. The Bertz CT molecular complexity index is 518. The molecule has 2 fully saturated rings. The quantitative estimate of drug-likeness (QED) is 0.531. The third-order valence-electron chi connectivity index (χ3n) is 5.58. The van der Waals surface area contributed by atoms with Crippen LogP contribution in [0.4, 0.5) is 5.69 Å². The highest BCUT2D eigenvalue weighted by atomic mass is 16.5. The number of anilines is 1. The molecule has 168 valence electrons. The van der Waals surface area contributed by atoms with Crippen LogP contribution in [0.2, 0.25) is 0 Å². The van der Waals surface area contributed by atoms with Crippen LogP contribution >= 0.6 is 0 Å². The van der Waals surface area contributed by atoms with Crippen molar-refractivity contribution in [2.24, 2.45) is 5.41 Å². The molecule has 0 aliphatic heterocycles. The van der Waals surface area contributed by atoms with E-state index in [1.807, 2.05) is 0 Å². The summed E-state index contributed by atoms with van der Waals surface area (Å²) in [5.41, 5.74) is 3.03. The molecule has 2 nitrogen and oxygen atoms in total. The summed E-state index contributed by atoms with van der Waals surface area (Å²) in [7, 11) is 0. The largest absolute Gasteiger partial charge is 0.383 e. The normalized spacial score (nSPS) is 18.2. The topological polar surface area (TPSA) is 21.3 Å². The first-order valence-electron chi connectivity index (χ1n) is 12.2. The fourth-order valence-electron chi connectivity index (χ4n) is 3.30. The number of hydrogen-bond donors (Lipinski definition) is 1. The first-order valence-corrected chi connectivity index (χ1v) is 12.2. The Morgan fingerprint density at radius 1 is 0.897 bits per heavy atom. The highest BCUT2D eigenvalue weighted by molar-refractivity contribution is 5.46. The van der Waals surface area contributed by atoms with Crippen LogP contribution in [0.5, 0.6) is 0 Å². The maximum Gasteiger partial charge on any atom is 0.0599 e. The van der Waals surface area contributed by atoms with Gasteiger partial charge in [0.15, 0.2) is 0 Å². The van der Waals surface area contributed by atoms with E-state index in [2.05, 4.69) is 85.0 Å². The molecule has 1 unspecified atom stereocenters. The Labute approximate surface area is 182 Å². The van der Waals surface area contributed by atoms with Crippen molar-refractivity contribution in [2.75, 3.05) is 5.32 Å². The van der Waals surface area contributed by atoms with Gasteiger partial charge in [0.05, 0.1) is 12.2 Å². The van der Waals surface area contributed by atoms with Gasteiger partial charge in [-0.15, -0.1) is 0 Å². The van der Waals surface area contributed by atoms with E-state index >= 15 is 0 Å². The second kappa shape index (κ2) is 13.3. The molecule has 2 heteroatoms. The predicted molar refractivity (Wildman–Crippen MR) is 130 cm³/mol. The van der Waals surface area contributed by atoms with E-state index in [4.69, 9.17) is 4.74 Å². The Hall–Kier alpha value is -1.02. The molecule has 0 spiro atoms. The van der Waals surface area contributed by atoms with Gasteiger partial charge >= 0.3 is 0 Å². The Morgan fingerprint density at radius 2 is 1.41 bits per heavy atom. The number of hydrogen-bond acceptors (Lipinski definition) is 2. The minimum atomic E-state index is 0.289. The summed E-state index contributed by atoms with van der Waals surface area (Å²) < 4.78 is 6.06.